The molecule has 0 unspecified atom stereocenters. The number of carbonyl (C=O) groups is 2. The predicted octanol–water partition coefficient (Wildman–Crippen LogP) is 5.59. The molecule has 1 saturated carbocycles. The molecule has 5 rings (SSSR count). The molecule has 1 aliphatic carbocycles. The maximum absolute atomic E-state index is 15.5. The van der Waals surface area contributed by atoms with Crippen LogP contribution >= 0.6 is 0 Å². The molecule has 8 nitrogen and oxygen atoms in total. The van der Waals surface area contributed by atoms with Gasteiger partial charge in [0.1, 0.15) is 22.9 Å². The highest BCUT2D eigenvalue weighted by molar-refractivity contribution is 6.04. The van der Waals surface area contributed by atoms with E-state index in [9.17, 15) is 14.4 Å². The van der Waals surface area contributed by atoms with Gasteiger partial charge in [-0.05, 0) is 84.3 Å². The average Bonchev–Trinajstić information content (AvgIpc) is 3.41. The Bertz CT molecular complexity index is 1760. The summed E-state index contributed by atoms with van der Waals surface area (Å²) in [6, 6.07) is 14.8. The molecule has 2 N–H and O–H groups in total. The van der Waals surface area contributed by atoms with E-state index in [0.717, 1.165) is 34.2 Å². The van der Waals surface area contributed by atoms with Gasteiger partial charge in [0.2, 0.25) is 0 Å². The van der Waals surface area contributed by atoms with Crippen LogP contribution in [-0.2, 0) is 18.4 Å². The summed E-state index contributed by atoms with van der Waals surface area (Å²) in [5.41, 5.74) is 5.68. The summed E-state index contributed by atoms with van der Waals surface area (Å²) in [5.74, 6) is 0.146. The molecule has 0 aliphatic heterocycles. The second-order valence-corrected chi connectivity index (χ2v) is 11.1. The summed E-state index contributed by atoms with van der Waals surface area (Å²) in [6.07, 6.45) is 4.70. The molecule has 3 aromatic carbocycles. The van der Waals surface area contributed by atoms with Crippen molar-refractivity contribution in [2.24, 2.45) is 13.0 Å². The smallest absolute Gasteiger partial charge is 0.265 e. The third-order valence-electron chi connectivity index (χ3n) is 8.21. The maximum Gasteiger partial charge on any atom is 0.265 e. The monoisotopic (exact) mass is 582 g/mol. The molecule has 0 bridgehead atoms. The molecule has 1 aliphatic rings. The third kappa shape index (κ3) is 6.27. The summed E-state index contributed by atoms with van der Waals surface area (Å²) in [6.45, 7) is 4.86. The van der Waals surface area contributed by atoms with Crippen molar-refractivity contribution < 1.29 is 18.7 Å². The van der Waals surface area contributed by atoms with E-state index in [1.807, 2.05) is 50.2 Å². The molecule has 9 heteroatoms. The minimum Gasteiger partial charge on any atom is -0.496 e. The van der Waals surface area contributed by atoms with Crippen molar-refractivity contribution in [3.63, 3.8) is 0 Å². The Morgan fingerprint density at radius 2 is 1.79 bits per heavy atom. The van der Waals surface area contributed by atoms with E-state index in [-0.39, 0.29) is 11.4 Å². The first-order valence-electron chi connectivity index (χ1n) is 14.3. The van der Waals surface area contributed by atoms with Crippen molar-refractivity contribution in [3.8, 4) is 28.0 Å². The highest BCUT2D eigenvalue weighted by Gasteiger charge is 2.22. The molecule has 1 heterocycles. The van der Waals surface area contributed by atoms with Crippen molar-refractivity contribution in [3.05, 3.63) is 99.5 Å². The molecule has 1 fully saturated rings. The van der Waals surface area contributed by atoms with Gasteiger partial charge in [0.25, 0.3) is 11.5 Å². The SMILES string of the molecule is COc1cc(-c2cccc(-c3cccc(NC(=O)c4cncn(C)c4=O)c3C)c2C)cc(F)c1CNC[C@@H]1CCC(=O)C1. The number of hydrogen-bond donors (Lipinski definition) is 2. The fourth-order valence-electron chi connectivity index (χ4n) is 5.74. The third-order valence-corrected chi connectivity index (χ3v) is 8.21. The van der Waals surface area contributed by atoms with Gasteiger partial charge in [-0.15, -0.1) is 0 Å². The highest BCUT2D eigenvalue weighted by atomic mass is 19.1. The second-order valence-electron chi connectivity index (χ2n) is 11.1. The Morgan fingerprint density at radius 3 is 2.51 bits per heavy atom. The Hall–Kier alpha value is -4.63. The normalized spacial score (nSPS) is 14.6. The van der Waals surface area contributed by atoms with Crippen LogP contribution in [-0.4, -0.2) is 34.9 Å². The minimum atomic E-state index is -0.534. The molecule has 222 valence electrons. The van der Waals surface area contributed by atoms with Gasteiger partial charge in [0.15, 0.2) is 0 Å². The number of ether oxygens (including phenoxy) is 1. The van der Waals surface area contributed by atoms with Crippen molar-refractivity contribution in [2.45, 2.75) is 39.7 Å². The molecule has 0 spiro atoms. The minimum absolute atomic E-state index is 0.0451. The van der Waals surface area contributed by atoms with Crippen molar-refractivity contribution in [2.75, 3.05) is 19.0 Å². The first-order chi connectivity index (χ1) is 20.7. The largest absolute Gasteiger partial charge is 0.496 e. The average molecular weight is 583 g/mol. The van der Waals surface area contributed by atoms with Gasteiger partial charge >= 0.3 is 0 Å². The highest BCUT2D eigenvalue weighted by Crippen LogP contribution is 2.37. The lowest BCUT2D eigenvalue weighted by Gasteiger charge is -2.18. The van der Waals surface area contributed by atoms with E-state index in [2.05, 4.69) is 15.6 Å². The van der Waals surface area contributed by atoms with Gasteiger partial charge in [-0.25, -0.2) is 9.37 Å². The molecule has 1 amide bonds. The van der Waals surface area contributed by atoms with E-state index in [4.69, 9.17) is 4.74 Å². The summed E-state index contributed by atoms with van der Waals surface area (Å²) in [7, 11) is 3.08. The van der Waals surface area contributed by atoms with Crippen LogP contribution in [0.5, 0.6) is 5.75 Å². The number of halogens is 1. The number of rotatable bonds is 9. The number of nitrogens with zero attached hydrogens (tertiary/aromatic N) is 2. The molecule has 43 heavy (non-hydrogen) atoms. The van der Waals surface area contributed by atoms with Crippen LogP contribution in [0, 0.1) is 25.6 Å². The lowest BCUT2D eigenvalue weighted by Crippen LogP contribution is -2.28. The topological polar surface area (TPSA) is 102 Å². The van der Waals surface area contributed by atoms with E-state index in [1.165, 1.54) is 30.3 Å². The number of hydrogen-bond acceptors (Lipinski definition) is 6. The fourth-order valence-corrected chi connectivity index (χ4v) is 5.74. The number of ketones is 1. The van der Waals surface area contributed by atoms with Gasteiger partial charge in [-0.1, -0.05) is 30.3 Å². The second kappa shape index (κ2) is 12.7. The number of anilines is 1. The lowest BCUT2D eigenvalue weighted by atomic mass is 9.90. The fraction of sp³-hybridized carbons (Fsp3) is 0.294. The van der Waals surface area contributed by atoms with Crippen molar-refractivity contribution >= 4 is 17.4 Å². The Labute approximate surface area is 249 Å². The standard InChI is InChI=1S/C34H35FN4O4/c1-20-25(23-14-30(35)28(32(15-23)43-4)17-36-16-22-11-12-24(40)13-22)7-5-8-26(20)27-9-6-10-31(21(27)2)38-33(41)29-18-37-19-39(3)34(29)42/h5-10,14-15,18-19,22,36H,11-13,16-17H2,1-4H3,(H,38,41)/t22-/m1/s1. The molecule has 0 radical (unpaired) electrons. The Morgan fingerprint density at radius 1 is 1.07 bits per heavy atom. The number of aromatic nitrogens is 2. The first kappa shape index (κ1) is 29.8. The lowest BCUT2D eigenvalue weighted by molar-refractivity contribution is -0.117. The zero-order valence-corrected chi connectivity index (χ0v) is 24.8. The number of carbonyl (C=O) groups excluding carboxylic acids is 2. The van der Waals surface area contributed by atoms with Crippen LogP contribution in [0.4, 0.5) is 10.1 Å². The molecule has 1 aromatic heterocycles. The molecule has 0 saturated heterocycles. The number of nitrogens with one attached hydrogen (secondary N) is 2. The van der Waals surface area contributed by atoms with Gasteiger partial charge in [0, 0.05) is 43.9 Å². The van der Waals surface area contributed by atoms with Crippen LogP contribution in [0.25, 0.3) is 22.3 Å². The van der Waals surface area contributed by atoms with Crippen LogP contribution in [0.2, 0.25) is 0 Å². The summed E-state index contributed by atoms with van der Waals surface area (Å²) in [4.78, 5) is 40.9. The number of benzene rings is 3. The van der Waals surface area contributed by atoms with E-state index < -0.39 is 11.5 Å². The van der Waals surface area contributed by atoms with Gasteiger partial charge in [0.05, 0.1) is 13.4 Å². The summed E-state index contributed by atoms with van der Waals surface area (Å²) < 4.78 is 22.4. The Kier molecular flexibility index (Phi) is 8.82. The van der Waals surface area contributed by atoms with Gasteiger partial charge in [-0.3, -0.25) is 14.4 Å². The first-order valence-corrected chi connectivity index (χ1v) is 14.3. The molecule has 1 atom stereocenters. The number of methoxy groups -OCH3 is 1. The number of aryl methyl sites for hydroxylation is 1. The summed E-state index contributed by atoms with van der Waals surface area (Å²) in [5, 5.41) is 6.15. The number of Topliss-reactive ketones (excluding diaryl/α,β-unsaturated/α-hetero) is 1. The molecule has 4 aromatic rings. The maximum atomic E-state index is 15.5. The van der Waals surface area contributed by atoms with Crippen LogP contribution in [0.15, 0.2) is 65.8 Å². The van der Waals surface area contributed by atoms with E-state index in [1.54, 1.807) is 13.1 Å². The molecular formula is C34H35FN4O4. The van der Waals surface area contributed by atoms with Gasteiger partial charge in [-0.2, -0.15) is 0 Å². The van der Waals surface area contributed by atoms with Crippen molar-refractivity contribution in [1.29, 1.82) is 0 Å². The van der Waals surface area contributed by atoms with E-state index in [0.29, 0.717) is 60.2 Å². The van der Waals surface area contributed by atoms with E-state index >= 15 is 4.39 Å². The number of amides is 1. The molecular weight excluding hydrogens is 547 g/mol. The van der Waals surface area contributed by atoms with Gasteiger partial charge < -0.3 is 19.9 Å². The quantitative estimate of drug-likeness (QED) is 0.267. The van der Waals surface area contributed by atoms with Crippen molar-refractivity contribution in [1.82, 2.24) is 14.9 Å². The Balaban J connectivity index is 1.42. The van der Waals surface area contributed by atoms with Crippen LogP contribution in [0.3, 0.4) is 0 Å². The van der Waals surface area contributed by atoms with Crippen LogP contribution in [0.1, 0.15) is 46.3 Å². The zero-order valence-electron chi connectivity index (χ0n) is 24.8. The zero-order chi connectivity index (χ0) is 30.7. The summed E-state index contributed by atoms with van der Waals surface area (Å²) >= 11 is 0. The van der Waals surface area contributed by atoms with Crippen LogP contribution < -0.4 is 20.9 Å². The predicted molar refractivity (Wildman–Crippen MR) is 165 cm³/mol.